The SMILES string of the molecule is COc1ccc(F)c(F)c1C(=O)N1CCOC2(CCN(C(=O)C3CC=CCC3)CC2)C1. The molecule has 168 valence electrons. The minimum Gasteiger partial charge on any atom is -0.496 e. The van der Waals surface area contributed by atoms with E-state index in [4.69, 9.17) is 9.47 Å². The molecule has 1 aromatic rings. The maximum atomic E-state index is 14.4. The van der Waals surface area contributed by atoms with Crippen molar-refractivity contribution < 1.29 is 27.8 Å². The monoisotopic (exact) mass is 434 g/mol. The lowest BCUT2D eigenvalue weighted by Gasteiger charge is -2.47. The predicted molar refractivity (Wildman–Crippen MR) is 110 cm³/mol. The molecule has 0 N–H and O–H groups in total. The molecule has 2 aliphatic heterocycles. The van der Waals surface area contributed by atoms with Crippen molar-refractivity contribution in [2.24, 2.45) is 5.92 Å². The van der Waals surface area contributed by atoms with E-state index in [0.717, 1.165) is 25.3 Å². The quantitative estimate of drug-likeness (QED) is 0.686. The largest absolute Gasteiger partial charge is 0.496 e. The van der Waals surface area contributed by atoms with Crippen LogP contribution in [0.3, 0.4) is 0 Å². The van der Waals surface area contributed by atoms with Crippen molar-refractivity contribution in [3.8, 4) is 5.75 Å². The van der Waals surface area contributed by atoms with Gasteiger partial charge in [-0.2, -0.15) is 0 Å². The van der Waals surface area contributed by atoms with Gasteiger partial charge in [0.2, 0.25) is 5.91 Å². The fourth-order valence-electron chi connectivity index (χ4n) is 4.79. The summed E-state index contributed by atoms with van der Waals surface area (Å²) in [5.74, 6) is -2.65. The molecule has 6 nitrogen and oxygen atoms in total. The standard InChI is InChI=1S/C23H28F2N2O4/c1-30-18-8-7-17(24)20(25)19(18)22(29)27-13-14-31-23(15-27)9-11-26(12-10-23)21(28)16-5-3-2-4-6-16/h2-3,7-8,16H,4-6,9-15H2,1H3. The number of carbonyl (C=O) groups excluding carboxylic acids is 2. The van der Waals surface area contributed by atoms with Crippen LogP contribution in [0.25, 0.3) is 0 Å². The van der Waals surface area contributed by atoms with Gasteiger partial charge in [0.25, 0.3) is 5.91 Å². The first-order valence-corrected chi connectivity index (χ1v) is 10.8. The number of benzene rings is 1. The number of hydrogen-bond acceptors (Lipinski definition) is 4. The van der Waals surface area contributed by atoms with Crippen LogP contribution in [0.2, 0.25) is 0 Å². The van der Waals surface area contributed by atoms with E-state index in [1.54, 1.807) is 0 Å². The normalized spacial score (nSPS) is 23.1. The molecular formula is C23H28F2N2O4. The molecule has 1 unspecified atom stereocenters. The van der Waals surface area contributed by atoms with Crippen molar-refractivity contribution in [2.75, 3.05) is 39.9 Å². The number of hydrogen-bond donors (Lipinski definition) is 0. The third-order valence-electron chi connectivity index (χ3n) is 6.63. The Morgan fingerprint density at radius 1 is 1.13 bits per heavy atom. The van der Waals surface area contributed by atoms with Gasteiger partial charge in [0, 0.05) is 25.6 Å². The van der Waals surface area contributed by atoms with Crippen LogP contribution in [0.1, 0.15) is 42.5 Å². The molecule has 3 aliphatic rings. The van der Waals surface area contributed by atoms with Gasteiger partial charge in [-0.1, -0.05) is 12.2 Å². The third kappa shape index (κ3) is 4.31. The molecule has 1 spiro atoms. The predicted octanol–water partition coefficient (Wildman–Crippen LogP) is 3.16. The van der Waals surface area contributed by atoms with Gasteiger partial charge in [-0.05, 0) is 44.2 Å². The van der Waals surface area contributed by atoms with Gasteiger partial charge in [-0.15, -0.1) is 0 Å². The van der Waals surface area contributed by atoms with Crippen LogP contribution < -0.4 is 4.74 Å². The minimum absolute atomic E-state index is 0.00592. The average Bonchev–Trinajstić information content (AvgIpc) is 2.81. The molecule has 0 radical (unpaired) electrons. The number of piperidine rings is 1. The summed E-state index contributed by atoms with van der Waals surface area (Å²) in [4.78, 5) is 29.3. The van der Waals surface area contributed by atoms with Crippen molar-refractivity contribution in [1.82, 2.24) is 9.80 Å². The zero-order chi connectivity index (χ0) is 22.0. The lowest BCUT2D eigenvalue weighted by molar-refractivity contribution is -0.150. The van der Waals surface area contributed by atoms with Crippen LogP contribution in [0.4, 0.5) is 8.78 Å². The van der Waals surface area contributed by atoms with Crippen LogP contribution in [-0.4, -0.2) is 67.1 Å². The first-order valence-electron chi connectivity index (χ1n) is 10.8. The first kappa shape index (κ1) is 21.7. The molecule has 1 aromatic carbocycles. The number of rotatable bonds is 3. The van der Waals surface area contributed by atoms with E-state index in [1.165, 1.54) is 18.1 Å². The second-order valence-corrected chi connectivity index (χ2v) is 8.50. The highest BCUT2D eigenvalue weighted by Gasteiger charge is 2.43. The summed E-state index contributed by atoms with van der Waals surface area (Å²) in [6, 6.07) is 2.20. The Kier molecular flexibility index (Phi) is 6.27. The third-order valence-corrected chi connectivity index (χ3v) is 6.63. The second-order valence-electron chi connectivity index (χ2n) is 8.50. The molecule has 2 fully saturated rings. The van der Waals surface area contributed by atoms with E-state index in [0.29, 0.717) is 32.5 Å². The number of halogens is 2. The number of morpholine rings is 1. The molecular weight excluding hydrogens is 406 g/mol. The zero-order valence-corrected chi connectivity index (χ0v) is 17.7. The van der Waals surface area contributed by atoms with Crippen LogP contribution in [0, 0.1) is 17.6 Å². The Hall–Kier alpha value is -2.48. The van der Waals surface area contributed by atoms with Gasteiger partial charge in [-0.25, -0.2) is 8.78 Å². The van der Waals surface area contributed by atoms with Gasteiger partial charge < -0.3 is 19.3 Å². The van der Waals surface area contributed by atoms with Crippen molar-refractivity contribution in [3.63, 3.8) is 0 Å². The van der Waals surface area contributed by atoms with Gasteiger partial charge in [0.1, 0.15) is 11.3 Å². The number of likely N-dealkylation sites (tertiary alicyclic amines) is 1. The first-order chi connectivity index (χ1) is 14.9. The Labute approximate surface area is 180 Å². The van der Waals surface area contributed by atoms with E-state index in [2.05, 4.69) is 12.2 Å². The summed E-state index contributed by atoms with van der Waals surface area (Å²) in [6.07, 6.45) is 8.02. The van der Waals surface area contributed by atoms with Gasteiger partial charge in [-0.3, -0.25) is 9.59 Å². The highest BCUT2D eigenvalue weighted by Crippen LogP contribution is 2.34. The summed E-state index contributed by atoms with van der Waals surface area (Å²) in [6.45, 7) is 2.01. The number of carbonyl (C=O) groups is 2. The fourth-order valence-corrected chi connectivity index (χ4v) is 4.79. The van der Waals surface area contributed by atoms with Crippen LogP contribution >= 0.6 is 0 Å². The van der Waals surface area contributed by atoms with Crippen molar-refractivity contribution in [2.45, 2.75) is 37.7 Å². The van der Waals surface area contributed by atoms with Crippen molar-refractivity contribution >= 4 is 11.8 Å². The van der Waals surface area contributed by atoms with Crippen molar-refractivity contribution in [3.05, 3.63) is 41.5 Å². The Morgan fingerprint density at radius 2 is 1.90 bits per heavy atom. The number of methoxy groups -OCH3 is 1. The highest BCUT2D eigenvalue weighted by molar-refractivity contribution is 5.97. The minimum atomic E-state index is -1.20. The Morgan fingerprint density at radius 3 is 2.58 bits per heavy atom. The number of allylic oxidation sites excluding steroid dienone is 2. The number of nitrogens with zero attached hydrogens (tertiary/aromatic N) is 2. The molecule has 2 saturated heterocycles. The molecule has 2 heterocycles. The van der Waals surface area contributed by atoms with Gasteiger partial charge >= 0.3 is 0 Å². The van der Waals surface area contributed by atoms with Crippen LogP contribution in [0.15, 0.2) is 24.3 Å². The summed E-state index contributed by atoms with van der Waals surface area (Å²) in [5, 5.41) is 0. The molecule has 1 atom stereocenters. The highest BCUT2D eigenvalue weighted by atomic mass is 19.2. The maximum Gasteiger partial charge on any atom is 0.260 e. The summed E-state index contributed by atoms with van der Waals surface area (Å²) >= 11 is 0. The summed E-state index contributed by atoms with van der Waals surface area (Å²) in [7, 11) is 1.32. The summed E-state index contributed by atoms with van der Waals surface area (Å²) in [5.41, 5.74) is -0.966. The van der Waals surface area contributed by atoms with E-state index in [1.807, 2.05) is 4.90 Å². The molecule has 31 heavy (non-hydrogen) atoms. The molecule has 0 bridgehead atoms. The fraction of sp³-hybridized carbons (Fsp3) is 0.565. The zero-order valence-electron chi connectivity index (χ0n) is 17.7. The van der Waals surface area contributed by atoms with E-state index in [9.17, 15) is 18.4 Å². The second kappa shape index (κ2) is 8.94. The van der Waals surface area contributed by atoms with E-state index < -0.39 is 28.7 Å². The topological polar surface area (TPSA) is 59.1 Å². The number of ether oxygens (including phenoxy) is 2. The van der Waals surface area contributed by atoms with Crippen LogP contribution in [0.5, 0.6) is 5.75 Å². The van der Waals surface area contributed by atoms with Gasteiger partial charge in [0.05, 0.1) is 25.9 Å². The smallest absolute Gasteiger partial charge is 0.260 e. The van der Waals surface area contributed by atoms with Gasteiger partial charge in [0.15, 0.2) is 11.6 Å². The maximum absolute atomic E-state index is 14.4. The van der Waals surface area contributed by atoms with Crippen molar-refractivity contribution in [1.29, 1.82) is 0 Å². The molecule has 2 amide bonds. The molecule has 0 saturated carbocycles. The average molecular weight is 434 g/mol. The Balaban J connectivity index is 1.44. The van der Waals surface area contributed by atoms with E-state index in [-0.39, 0.29) is 30.7 Å². The molecule has 1 aliphatic carbocycles. The van der Waals surface area contributed by atoms with E-state index >= 15 is 0 Å². The molecule has 4 rings (SSSR count). The lowest BCUT2D eigenvalue weighted by Crippen LogP contribution is -2.59. The Bertz CT molecular complexity index is 881. The number of amides is 2. The molecule has 8 heteroatoms. The van der Waals surface area contributed by atoms with Crippen LogP contribution in [-0.2, 0) is 9.53 Å². The summed E-state index contributed by atoms with van der Waals surface area (Å²) < 4.78 is 39.4. The molecule has 0 aromatic heterocycles. The lowest BCUT2D eigenvalue weighted by atomic mass is 9.87.